The van der Waals surface area contributed by atoms with Crippen molar-refractivity contribution in [1.29, 1.82) is 0 Å². The summed E-state index contributed by atoms with van der Waals surface area (Å²) in [7, 11) is 0. The van der Waals surface area contributed by atoms with Crippen LogP contribution in [0, 0.1) is 5.92 Å². The highest BCUT2D eigenvalue weighted by atomic mass is 15.1. The largest absolute Gasteiger partial charge is 0.293 e. The molecule has 2 aromatic heterocycles. The molecule has 3 heteroatoms. The van der Waals surface area contributed by atoms with E-state index in [4.69, 9.17) is 4.98 Å². The Balaban J connectivity index is 1.98. The summed E-state index contributed by atoms with van der Waals surface area (Å²) in [6.07, 6.45) is 9.09. The molecule has 0 saturated heterocycles. The van der Waals surface area contributed by atoms with Crippen LogP contribution in [0.2, 0.25) is 0 Å². The van der Waals surface area contributed by atoms with Gasteiger partial charge in [0.05, 0.1) is 11.4 Å². The molecule has 1 atom stereocenters. The summed E-state index contributed by atoms with van der Waals surface area (Å²) >= 11 is 0. The fraction of sp³-hybridized carbons (Fsp3) is 0.158. The SMILES string of the molecule is CC1C=Cc2c(nc(-c3ccncc3)n2-c2ccccc2)C1. The van der Waals surface area contributed by atoms with E-state index in [1.165, 1.54) is 11.4 Å². The maximum absolute atomic E-state index is 4.93. The molecule has 3 nitrogen and oxygen atoms in total. The van der Waals surface area contributed by atoms with Gasteiger partial charge >= 0.3 is 0 Å². The van der Waals surface area contributed by atoms with E-state index in [2.05, 4.69) is 52.9 Å². The maximum Gasteiger partial charge on any atom is 0.145 e. The number of fused-ring (bicyclic) bond motifs is 1. The van der Waals surface area contributed by atoms with Crippen LogP contribution in [0.5, 0.6) is 0 Å². The third kappa shape index (κ3) is 2.15. The second-order valence-corrected chi connectivity index (χ2v) is 5.71. The van der Waals surface area contributed by atoms with Crippen molar-refractivity contribution in [3.05, 3.63) is 72.3 Å². The highest BCUT2D eigenvalue weighted by Crippen LogP contribution is 2.31. The standard InChI is InChI=1S/C19H17N3/c1-14-7-8-18-17(13-14)21-19(15-9-11-20-12-10-15)22(18)16-5-3-2-4-6-16/h2-12,14H,13H2,1H3. The lowest BCUT2D eigenvalue weighted by molar-refractivity contribution is 0.702. The van der Waals surface area contributed by atoms with E-state index in [1.54, 1.807) is 0 Å². The molecule has 1 unspecified atom stereocenters. The second-order valence-electron chi connectivity index (χ2n) is 5.71. The fourth-order valence-electron chi connectivity index (χ4n) is 2.96. The number of para-hydroxylation sites is 1. The van der Waals surface area contributed by atoms with Gasteiger partial charge in [0.15, 0.2) is 0 Å². The number of aromatic nitrogens is 3. The number of rotatable bonds is 2. The first-order valence-corrected chi connectivity index (χ1v) is 7.58. The minimum Gasteiger partial charge on any atom is -0.293 e. The smallest absolute Gasteiger partial charge is 0.145 e. The molecule has 1 aliphatic rings. The fourth-order valence-corrected chi connectivity index (χ4v) is 2.96. The summed E-state index contributed by atoms with van der Waals surface area (Å²) in [6.45, 7) is 2.23. The molecule has 0 N–H and O–H groups in total. The van der Waals surface area contributed by atoms with Gasteiger partial charge in [-0.25, -0.2) is 4.98 Å². The number of hydrogen-bond donors (Lipinski definition) is 0. The van der Waals surface area contributed by atoms with Gasteiger partial charge in [-0.15, -0.1) is 0 Å². The number of pyridine rings is 1. The van der Waals surface area contributed by atoms with Gasteiger partial charge in [-0.3, -0.25) is 9.55 Å². The van der Waals surface area contributed by atoms with E-state index in [0.717, 1.165) is 23.5 Å². The minimum absolute atomic E-state index is 0.539. The van der Waals surface area contributed by atoms with Gasteiger partial charge in [0.2, 0.25) is 0 Å². The van der Waals surface area contributed by atoms with Gasteiger partial charge in [0.25, 0.3) is 0 Å². The molecule has 4 rings (SSSR count). The van der Waals surface area contributed by atoms with Crippen LogP contribution in [0.1, 0.15) is 18.3 Å². The summed E-state index contributed by atoms with van der Waals surface area (Å²) in [5.74, 6) is 1.52. The molecular formula is C19H17N3. The number of hydrogen-bond acceptors (Lipinski definition) is 2. The van der Waals surface area contributed by atoms with Gasteiger partial charge < -0.3 is 0 Å². The van der Waals surface area contributed by atoms with E-state index in [1.807, 2.05) is 30.6 Å². The first-order chi connectivity index (χ1) is 10.8. The Hall–Kier alpha value is -2.68. The Morgan fingerprint density at radius 1 is 1.05 bits per heavy atom. The summed E-state index contributed by atoms with van der Waals surface area (Å²) in [5, 5.41) is 0. The van der Waals surface area contributed by atoms with Crippen LogP contribution in [0.15, 0.2) is 60.9 Å². The minimum atomic E-state index is 0.539. The van der Waals surface area contributed by atoms with E-state index in [-0.39, 0.29) is 0 Å². The van der Waals surface area contributed by atoms with Crippen LogP contribution < -0.4 is 0 Å². The highest BCUT2D eigenvalue weighted by Gasteiger charge is 2.21. The molecule has 3 aromatic rings. The molecule has 0 bridgehead atoms. The Morgan fingerprint density at radius 2 is 1.82 bits per heavy atom. The Kier molecular flexibility index (Phi) is 3.11. The van der Waals surface area contributed by atoms with Gasteiger partial charge in [-0.1, -0.05) is 31.2 Å². The zero-order valence-corrected chi connectivity index (χ0v) is 12.5. The van der Waals surface area contributed by atoms with Crippen molar-refractivity contribution in [3.8, 4) is 17.1 Å². The van der Waals surface area contributed by atoms with Crippen molar-refractivity contribution >= 4 is 6.08 Å². The lowest BCUT2D eigenvalue weighted by Crippen LogP contribution is -2.05. The maximum atomic E-state index is 4.93. The number of imidazole rings is 1. The van der Waals surface area contributed by atoms with E-state index in [9.17, 15) is 0 Å². The van der Waals surface area contributed by atoms with E-state index >= 15 is 0 Å². The molecule has 108 valence electrons. The average Bonchev–Trinajstić information content (AvgIpc) is 2.95. The topological polar surface area (TPSA) is 30.7 Å². The zero-order chi connectivity index (χ0) is 14.9. The van der Waals surface area contributed by atoms with Crippen LogP contribution in [0.3, 0.4) is 0 Å². The molecule has 0 saturated carbocycles. The monoisotopic (exact) mass is 287 g/mol. The molecule has 1 aliphatic carbocycles. The molecule has 0 fully saturated rings. The second kappa shape index (κ2) is 5.26. The van der Waals surface area contributed by atoms with Crippen molar-refractivity contribution in [2.45, 2.75) is 13.3 Å². The van der Waals surface area contributed by atoms with Gasteiger partial charge in [0, 0.05) is 23.6 Å². The van der Waals surface area contributed by atoms with Crippen molar-refractivity contribution in [2.75, 3.05) is 0 Å². The molecule has 0 radical (unpaired) electrons. The third-order valence-electron chi connectivity index (χ3n) is 4.04. The quantitative estimate of drug-likeness (QED) is 0.709. The number of nitrogens with zero attached hydrogens (tertiary/aromatic N) is 3. The van der Waals surface area contributed by atoms with Crippen LogP contribution in [-0.4, -0.2) is 14.5 Å². The van der Waals surface area contributed by atoms with E-state index < -0.39 is 0 Å². The van der Waals surface area contributed by atoms with E-state index in [0.29, 0.717) is 5.92 Å². The Morgan fingerprint density at radius 3 is 2.59 bits per heavy atom. The van der Waals surface area contributed by atoms with Crippen molar-refractivity contribution in [3.63, 3.8) is 0 Å². The summed E-state index contributed by atoms with van der Waals surface area (Å²) in [4.78, 5) is 9.05. The van der Waals surface area contributed by atoms with Crippen LogP contribution >= 0.6 is 0 Å². The van der Waals surface area contributed by atoms with Gasteiger partial charge in [0.1, 0.15) is 5.82 Å². The number of benzene rings is 1. The van der Waals surface area contributed by atoms with Crippen molar-refractivity contribution in [1.82, 2.24) is 14.5 Å². The van der Waals surface area contributed by atoms with Crippen LogP contribution in [0.25, 0.3) is 23.2 Å². The van der Waals surface area contributed by atoms with Gasteiger partial charge in [-0.05, 0) is 42.7 Å². The lowest BCUT2D eigenvalue weighted by atomic mass is 9.98. The summed E-state index contributed by atoms with van der Waals surface area (Å²) in [6, 6.07) is 14.4. The molecule has 0 amide bonds. The molecule has 1 aromatic carbocycles. The van der Waals surface area contributed by atoms with Crippen LogP contribution in [0.4, 0.5) is 0 Å². The summed E-state index contributed by atoms with van der Waals surface area (Å²) < 4.78 is 2.24. The summed E-state index contributed by atoms with van der Waals surface area (Å²) in [5.41, 5.74) is 4.60. The zero-order valence-electron chi connectivity index (χ0n) is 12.5. The predicted octanol–water partition coefficient (Wildman–Crippen LogP) is 4.14. The first kappa shape index (κ1) is 13.0. The lowest BCUT2D eigenvalue weighted by Gasteiger charge is -2.14. The molecule has 2 heterocycles. The normalized spacial score (nSPS) is 16.5. The average molecular weight is 287 g/mol. The van der Waals surface area contributed by atoms with Crippen molar-refractivity contribution in [2.24, 2.45) is 5.92 Å². The highest BCUT2D eigenvalue weighted by molar-refractivity contribution is 5.66. The van der Waals surface area contributed by atoms with Crippen LogP contribution in [-0.2, 0) is 6.42 Å². The predicted molar refractivity (Wildman–Crippen MR) is 88.7 cm³/mol. The Labute approximate surface area is 130 Å². The third-order valence-corrected chi connectivity index (χ3v) is 4.04. The van der Waals surface area contributed by atoms with Crippen molar-refractivity contribution < 1.29 is 0 Å². The number of allylic oxidation sites excluding steroid dienone is 1. The molecular weight excluding hydrogens is 270 g/mol. The molecule has 22 heavy (non-hydrogen) atoms. The molecule has 0 aliphatic heterocycles. The molecule has 0 spiro atoms. The first-order valence-electron chi connectivity index (χ1n) is 7.58. The Bertz CT molecular complexity index is 817. The van der Waals surface area contributed by atoms with Gasteiger partial charge in [-0.2, -0.15) is 0 Å².